The fourth-order valence-corrected chi connectivity index (χ4v) is 3.67. The first-order valence-corrected chi connectivity index (χ1v) is 8.89. The van der Waals surface area contributed by atoms with E-state index in [9.17, 15) is 0 Å². The number of thiophene rings is 1. The summed E-state index contributed by atoms with van der Waals surface area (Å²) in [5.41, 5.74) is 1.24. The lowest BCUT2D eigenvalue weighted by Gasteiger charge is -2.19. The average Bonchev–Trinajstić information content (AvgIpc) is 2.83. The van der Waals surface area contributed by atoms with Crippen molar-refractivity contribution in [3.8, 4) is 0 Å². The van der Waals surface area contributed by atoms with Crippen LogP contribution in [0.25, 0.3) is 0 Å². The fourth-order valence-electron chi connectivity index (χ4n) is 2.02. The van der Waals surface area contributed by atoms with Crippen LogP contribution < -0.4 is 5.32 Å². The van der Waals surface area contributed by atoms with Gasteiger partial charge in [-0.2, -0.15) is 0 Å². The number of benzene rings is 1. The molecule has 0 fully saturated rings. The highest BCUT2D eigenvalue weighted by atomic mass is 79.9. The summed E-state index contributed by atoms with van der Waals surface area (Å²) >= 11 is 17.2. The second kappa shape index (κ2) is 7.81. The van der Waals surface area contributed by atoms with Gasteiger partial charge < -0.3 is 5.32 Å². The summed E-state index contributed by atoms with van der Waals surface area (Å²) in [5, 5.41) is 4.33. The Labute approximate surface area is 142 Å². The molecule has 2 rings (SSSR count). The highest BCUT2D eigenvalue weighted by Crippen LogP contribution is 2.30. The highest BCUT2D eigenvalue weighted by Gasteiger charge is 2.14. The molecule has 0 spiro atoms. The minimum Gasteiger partial charge on any atom is -0.310 e. The van der Waals surface area contributed by atoms with Gasteiger partial charge in [0.05, 0.1) is 9.36 Å². The van der Waals surface area contributed by atoms with Crippen LogP contribution in [0.1, 0.15) is 29.8 Å². The third-order valence-electron chi connectivity index (χ3n) is 3.02. The van der Waals surface area contributed by atoms with Crippen molar-refractivity contribution in [3.63, 3.8) is 0 Å². The van der Waals surface area contributed by atoms with Gasteiger partial charge in [0, 0.05) is 21.8 Å². The quantitative estimate of drug-likeness (QED) is 0.625. The minimum atomic E-state index is 0.276. The zero-order valence-electron chi connectivity index (χ0n) is 11.1. The molecule has 20 heavy (non-hydrogen) atoms. The molecule has 5 heteroatoms. The molecule has 0 aliphatic carbocycles. The standard InChI is InChI=1S/C15H16BrCl2NS/c1-2-7-19-14(9-11-4-6-15(18)20-11)10-3-5-13(17)12(16)8-10/h3-6,8,14,19H,2,7,9H2,1H3. The summed E-state index contributed by atoms with van der Waals surface area (Å²) in [6.07, 6.45) is 2.04. The Morgan fingerprint density at radius 3 is 2.65 bits per heavy atom. The molecule has 1 atom stereocenters. The molecular weight excluding hydrogens is 377 g/mol. The molecule has 1 aromatic heterocycles. The van der Waals surface area contributed by atoms with E-state index in [0.717, 1.165) is 33.2 Å². The highest BCUT2D eigenvalue weighted by molar-refractivity contribution is 9.10. The molecule has 2 aromatic rings. The summed E-state index contributed by atoms with van der Waals surface area (Å²) in [6.45, 7) is 3.16. The van der Waals surface area contributed by atoms with Crippen molar-refractivity contribution < 1.29 is 0 Å². The molecule has 0 saturated heterocycles. The first-order chi connectivity index (χ1) is 9.60. The van der Waals surface area contributed by atoms with Gasteiger partial charge in [-0.1, -0.05) is 36.2 Å². The number of halogens is 3. The fraction of sp³-hybridized carbons (Fsp3) is 0.333. The minimum absolute atomic E-state index is 0.276. The third-order valence-corrected chi connectivity index (χ3v) is 5.49. The van der Waals surface area contributed by atoms with E-state index in [0.29, 0.717) is 0 Å². The van der Waals surface area contributed by atoms with Crippen LogP contribution in [0.15, 0.2) is 34.8 Å². The molecule has 0 amide bonds. The topological polar surface area (TPSA) is 12.0 Å². The number of hydrogen-bond acceptors (Lipinski definition) is 2. The Morgan fingerprint density at radius 2 is 2.05 bits per heavy atom. The van der Waals surface area contributed by atoms with E-state index in [2.05, 4.69) is 46.4 Å². The Kier molecular flexibility index (Phi) is 6.37. The van der Waals surface area contributed by atoms with Gasteiger partial charge in [-0.05, 0) is 58.7 Å². The maximum absolute atomic E-state index is 6.07. The second-order valence-corrected chi connectivity index (χ2v) is 7.65. The van der Waals surface area contributed by atoms with Crippen LogP contribution in [-0.4, -0.2) is 6.54 Å². The van der Waals surface area contributed by atoms with Crippen LogP contribution in [-0.2, 0) is 6.42 Å². The maximum atomic E-state index is 6.07. The summed E-state index contributed by atoms with van der Waals surface area (Å²) in [4.78, 5) is 1.29. The predicted molar refractivity (Wildman–Crippen MR) is 93.2 cm³/mol. The smallest absolute Gasteiger partial charge is 0.0931 e. The van der Waals surface area contributed by atoms with Gasteiger partial charge in [0.1, 0.15) is 0 Å². The summed E-state index contributed by atoms with van der Waals surface area (Å²) in [5.74, 6) is 0. The molecule has 1 heterocycles. The van der Waals surface area contributed by atoms with Crippen molar-refractivity contribution in [1.82, 2.24) is 5.32 Å². The van der Waals surface area contributed by atoms with Gasteiger partial charge in [-0.15, -0.1) is 11.3 Å². The molecule has 0 saturated carbocycles. The van der Waals surface area contributed by atoms with Crippen molar-refractivity contribution in [1.29, 1.82) is 0 Å². The maximum Gasteiger partial charge on any atom is 0.0931 e. The summed E-state index contributed by atoms with van der Waals surface area (Å²) in [7, 11) is 0. The molecule has 0 aliphatic heterocycles. The van der Waals surface area contributed by atoms with E-state index in [4.69, 9.17) is 23.2 Å². The van der Waals surface area contributed by atoms with Crippen LogP contribution in [0, 0.1) is 0 Å². The molecule has 1 unspecified atom stereocenters. The van der Waals surface area contributed by atoms with E-state index < -0.39 is 0 Å². The lowest BCUT2D eigenvalue weighted by atomic mass is 10.0. The molecule has 1 N–H and O–H groups in total. The van der Waals surface area contributed by atoms with Crippen LogP contribution >= 0.6 is 50.5 Å². The molecule has 1 aromatic carbocycles. The van der Waals surface area contributed by atoms with Gasteiger partial charge in [0.15, 0.2) is 0 Å². The summed E-state index contributed by atoms with van der Waals surface area (Å²) < 4.78 is 1.77. The van der Waals surface area contributed by atoms with E-state index in [1.165, 1.54) is 10.4 Å². The average molecular weight is 393 g/mol. The van der Waals surface area contributed by atoms with Gasteiger partial charge >= 0.3 is 0 Å². The molecule has 0 bridgehead atoms. The third kappa shape index (κ3) is 4.47. The normalized spacial score (nSPS) is 12.6. The van der Waals surface area contributed by atoms with Crippen LogP contribution in [0.5, 0.6) is 0 Å². The van der Waals surface area contributed by atoms with Crippen molar-refractivity contribution in [2.24, 2.45) is 0 Å². The molecule has 1 nitrogen and oxygen atoms in total. The first-order valence-electron chi connectivity index (χ1n) is 6.52. The van der Waals surface area contributed by atoms with E-state index >= 15 is 0 Å². The SMILES string of the molecule is CCCNC(Cc1ccc(Cl)s1)c1ccc(Cl)c(Br)c1. The molecule has 0 aliphatic rings. The lowest BCUT2D eigenvalue weighted by Crippen LogP contribution is -2.23. The second-order valence-electron chi connectivity index (χ2n) is 4.59. The van der Waals surface area contributed by atoms with Crippen molar-refractivity contribution >= 4 is 50.5 Å². The number of rotatable bonds is 6. The molecular formula is C15H16BrCl2NS. The van der Waals surface area contributed by atoms with Gasteiger partial charge in [-0.3, -0.25) is 0 Å². The Hall–Kier alpha value is -0.0600. The van der Waals surface area contributed by atoms with E-state index in [-0.39, 0.29) is 6.04 Å². The van der Waals surface area contributed by atoms with Crippen LogP contribution in [0.3, 0.4) is 0 Å². The van der Waals surface area contributed by atoms with Crippen molar-refractivity contribution in [2.45, 2.75) is 25.8 Å². The first kappa shape index (κ1) is 16.3. The Bertz CT molecular complexity index is 571. The Balaban J connectivity index is 2.19. The van der Waals surface area contributed by atoms with E-state index in [1.54, 1.807) is 11.3 Å². The van der Waals surface area contributed by atoms with Crippen molar-refractivity contribution in [3.05, 3.63) is 54.6 Å². The monoisotopic (exact) mass is 391 g/mol. The Morgan fingerprint density at radius 1 is 1.25 bits per heavy atom. The molecule has 0 radical (unpaired) electrons. The summed E-state index contributed by atoms with van der Waals surface area (Å²) in [6, 6.07) is 10.4. The van der Waals surface area contributed by atoms with E-state index in [1.807, 2.05) is 12.1 Å². The molecule has 108 valence electrons. The van der Waals surface area contributed by atoms with Gasteiger partial charge in [0.2, 0.25) is 0 Å². The number of hydrogen-bond donors (Lipinski definition) is 1. The van der Waals surface area contributed by atoms with Gasteiger partial charge in [0.25, 0.3) is 0 Å². The zero-order valence-corrected chi connectivity index (χ0v) is 15.0. The predicted octanol–water partition coefficient (Wildman–Crippen LogP) is 6.10. The lowest BCUT2D eigenvalue weighted by molar-refractivity contribution is 0.532. The van der Waals surface area contributed by atoms with Crippen LogP contribution in [0.4, 0.5) is 0 Å². The van der Waals surface area contributed by atoms with Crippen LogP contribution in [0.2, 0.25) is 9.36 Å². The number of nitrogens with one attached hydrogen (secondary N) is 1. The largest absolute Gasteiger partial charge is 0.310 e. The van der Waals surface area contributed by atoms with Gasteiger partial charge in [-0.25, -0.2) is 0 Å². The van der Waals surface area contributed by atoms with Crippen molar-refractivity contribution in [2.75, 3.05) is 6.54 Å². The zero-order chi connectivity index (χ0) is 14.5.